The number of nitrogens with zero attached hydrogens (tertiary/aromatic N) is 3. The van der Waals surface area contributed by atoms with Crippen molar-refractivity contribution in [2.75, 3.05) is 11.1 Å². The van der Waals surface area contributed by atoms with Gasteiger partial charge in [-0.1, -0.05) is 23.7 Å². The number of rotatable bonds is 5. The Morgan fingerprint density at radius 2 is 2.03 bits per heavy atom. The van der Waals surface area contributed by atoms with Crippen molar-refractivity contribution in [1.29, 1.82) is 0 Å². The summed E-state index contributed by atoms with van der Waals surface area (Å²) >= 11 is 5.96. The molecule has 0 spiro atoms. The van der Waals surface area contributed by atoms with Gasteiger partial charge in [0.05, 0.1) is 22.3 Å². The Bertz CT molecular complexity index is 1030. The molecule has 0 aliphatic carbocycles. The van der Waals surface area contributed by atoms with E-state index in [9.17, 15) is 4.79 Å². The van der Waals surface area contributed by atoms with Gasteiger partial charge in [-0.15, -0.1) is 0 Å². The molecule has 0 saturated heterocycles. The molecule has 0 bridgehead atoms. The second-order valence-electron chi connectivity index (χ2n) is 7.72. The van der Waals surface area contributed by atoms with Crippen molar-refractivity contribution in [3.8, 4) is 5.75 Å². The smallest absolute Gasteiger partial charge is 0.258 e. The van der Waals surface area contributed by atoms with Crippen LogP contribution in [0.4, 0.5) is 11.5 Å². The minimum Gasteiger partial charge on any atom is -0.482 e. The third-order valence-corrected chi connectivity index (χ3v) is 4.50. The van der Waals surface area contributed by atoms with Gasteiger partial charge in [0, 0.05) is 24.1 Å². The molecule has 1 atom stereocenters. The molecular formula is C21H24ClN5O2. The first kappa shape index (κ1) is 20.7. The quantitative estimate of drug-likeness (QED) is 0.634. The third-order valence-electron chi connectivity index (χ3n) is 4.30. The Labute approximate surface area is 174 Å². The van der Waals surface area contributed by atoms with Crippen LogP contribution in [0.1, 0.15) is 49.7 Å². The highest BCUT2D eigenvalue weighted by atomic mass is 35.5. The van der Waals surface area contributed by atoms with Gasteiger partial charge >= 0.3 is 0 Å². The van der Waals surface area contributed by atoms with E-state index in [1.54, 1.807) is 23.1 Å². The van der Waals surface area contributed by atoms with E-state index in [0.29, 0.717) is 22.0 Å². The number of anilines is 2. The van der Waals surface area contributed by atoms with E-state index >= 15 is 0 Å². The summed E-state index contributed by atoms with van der Waals surface area (Å²) in [6.45, 7) is 7.95. The maximum Gasteiger partial charge on any atom is 0.258 e. The summed E-state index contributed by atoms with van der Waals surface area (Å²) < 4.78 is 7.66. The summed E-state index contributed by atoms with van der Waals surface area (Å²) in [6.07, 6.45) is 4.44. The lowest BCUT2D eigenvalue weighted by Crippen LogP contribution is -2.22. The average Bonchev–Trinajstić information content (AvgIpc) is 3.16. The van der Waals surface area contributed by atoms with Crippen LogP contribution in [0.25, 0.3) is 0 Å². The normalized spacial score (nSPS) is 12.4. The van der Waals surface area contributed by atoms with Gasteiger partial charge in [0.2, 0.25) is 0 Å². The maximum atomic E-state index is 12.6. The number of nitrogens with one attached hydrogen (secondary N) is 1. The molecule has 8 heteroatoms. The van der Waals surface area contributed by atoms with Gasteiger partial charge in [0.25, 0.3) is 5.91 Å². The Morgan fingerprint density at radius 1 is 1.28 bits per heavy atom. The molecule has 0 saturated carbocycles. The minimum absolute atomic E-state index is 0.192. The van der Waals surface area contributed by atoms with E-state index in [-0.39, 0.29) is 23.4 Å². The summed E-state index contributed by atoms with van der Waals surface area (Å²) in [7, 11) is 0. The number of ether oxygens (including phenoxy) is 1. The lowest BCUT2D eigenvalue weighted by atomic mass is 10.1. The topological polar surface area (TPSA) is 95.1 Å². The Morgan fingerprint density at radius 3 is 2.72 bits per heavy atom. The average molecular weight is 414 g/mol. The van der Waals surface area contributed by atoms with Gasteiger partial charge < -0.3 is 15.8 Å². The van der Waals surface area contributed by atoms with Crippen LogP contribution in [-0.2, 0) is 5.54 Å². The highest BCUT2D eigenvalue weighted by Gasteiger charge is 2.17. The van der Waals surface area contributed by atoms with Crippen molar-refractivity contribution in [2.24, 2.45) is 0 Å². The maximum absolute atomic E-state index is 12.6. The highest BCUT2D eigenvalue weighted by Crippen LogP contribution is 2.29. The molecule has 0 aliphatic heterocycles. The summed E-state index contributed by atoms with van der Waals surface area (Å²) in [5, 5.41) is 7.60. The van der Waals surface area contributed by atoms with Crippen LogP contribution in [-0.4, -0.2) is 20.7 Å². The van der Waals surface area contributed by atoms with E-state index in [1.807, 2.05) is 52.0 Å². The summed E-state index contributed by atoms with van der Waals surface area (Å²) in [5.41, 5.74) is 7.67. The standard InChI is InChI=1S/C21H24ClN5O2/c1-13(29-18-9-16(22)11-24-19(18)23)14-6-5-7-17(8-14)26-20(28)15-10-25-27(12-15)21(2,3)4/h5-13H,1-4H3,(H2,23,24)(H,26,28). The number of pyridine rings is 1. The molecule has 0 radical (unpaired) electrons. The van der Waals surface area contributed by atoms with E-state index in [1.165, 1.54) is 6.20 Å². The second kappa shape index (κ2) is 8.13. The Kier molecular flexibility index (Phi) is 5.79. The lowest BCUT2D eigenvalue weighted by molar-refractivity contribution is 0.102. The molecule has 1 amide bonds. The van der Waals surface area contributed by atoms with Gasteiger partial charge in [-0.2, -0.15) is 5.10 Å². The van der Waals surface area contributed by atoms with Crippen LogP contribution in [0.15, 0.2) is 48.9 Å². The Hall–Kier alpha value is -3.06. The SMILES string of the molecule is CC(Oc1cc(Cl)cnc1N)c1cccc(NC(=O)c2cnn(C(C)(C)C)c2)c1. The van der Waals surface area contributed by atoms with Crippen LogP contribution in [0.5, 0.6) is 5.75 Å². The number of carbonyl (C=O) groups is 1. The van der Waals surface area contributed by atoms with E-state index in [0.717, 1.165) is 5.56 Å². The Balaban J connectivity index is 1.72. The zero-order valence-electron chi connectivity index (χ0n) is 16.8. The fraction of sp³-hybridized carbons (Fsp3) is 0.286. The molecular weight excluding hydrogens is 390 g/mol. The van der Waals surface area contributed by atoms with E-state index < -0.39 is 0 Å². The zero-order chi connectivity index (χ0) is 21.2. The van der Waals surface area contributed by atoms with Crippen molar-refractivity contribution in [3.05, 3.63) is 65.1 Å². The first-order valence-electron chi connectivity index (χ1n) is 9.17. The van der Waals surface area contributed by atoms with Gasteiger partial charge in [-0.3, -0.25) is 9.48 Å². The van der Waals surface area contributed by atoms with Crippen molar-refractivity contribution in [3.63, 3.8) is 0 Å². The molecule has 2 aromatic heterocycles. The van der Waals surface area contributed by atoms with E-state index in [2.05, 4.69) is 15.4 Å². The van der Waals surface area contributed by atoms with Crippen LogP contribution in [0.2, 0.25) is 5.02 Å². The van der Waals surface area contributed by atoms with Gasteiger partial charge in [-0.05, 0) is 45.4 Å². The lowest BCUT2D eigenvalue weighted by Gasteiger charge is -2.18. The molecule has 152 valence electrons. The molecule has 0 aliphatic rings. The van der Waals surface area contributed by atoms with Gasteiger partial charge in [-0.25, -0.2) is 4.98 Å². The number of halogens is 1. The second-order valence-corrected chi connectivity index (χ2v) is 8.16. The molecule has 3 N–H and O–H groups in total. The number of nitrogens with two attached hydrogens (primary N) is 1. The number of benzene rings is 1. The van der Waals surface area contributed by atoms with Crippen LogP contribution in [0, 0.1) is 0 Å². The number of aromatic nitrogens is 3. The third kappa shape index (κ3) is 5.06. The van der Waals surface area contributed by atoms with Crippen molar-refractivity contribution in [1.82, 2.24) is 14.8 Å². The summed E-state index contributed by atoms with van der Waals surface area (Å²) in [5.74, 6) is 0.449. The fourth-order valence-corrected chi connectivity index (χ4v) is 2.81. The number of carbonyl (C=O) groups excluding carboxylic acids is 1. The fourth-order valence-electron chi connectivity index (χ4n) is 2.66. The first-order chi connectivity index (χ1) is 13.6. The minimum atomic E-state index is -0.321. The number of hydrogen-bond acceptors (Lipinski definition) is 5. The summed E-state index contributed by atoms with van der Waals surface area (Å²) in [6, 6.07) is 9.05. The van der Waals surface area contributed by atoms with Crippen LogP contribution < -0.4 is 15.8 Å². The van der Waals surface area contributed by atoms with Crippen LogP contribution >= 0.6 is 11.6 Å². The zero-order valence-corrected chi connectivity index (χ0v) is 17.6. The van der Waals surface area contributed by atoms with Gasteiger partial charge in [0.1, 0.15) is 6.10 Å². The highest BCUT2D eigenvalue weighted by molar-refractivity contribution is 6.30. The molecule has 0 fully saturated rings. The predicted molar refractivity (Wildman–Crippen MR) is 114 cm³/mol. The largest absolute Gasteiger partial charge is 0.482 e. The molecule has 29 heavy (non-hydrogen) atoms. The predicted octanol–water partition coefficient (Wildman–Crippen LogP) is 4.66. The number of amides is 1. The molecule has 1 aromatic carbocycles. The summed E-state index contributed by atoms with van der Waals surface area (Å²) in [4.78, 5) is 16.6. The number of hydrogen-bond donors (Lipinski definition) is 2. The van der Waals surface area contributed by atoms with Crippen LogP contribution in [0.3, 0.4) is 0 Å². The van der Waals surface area contributed by atoms with Crippen molar-refractivity contribution in [2.45, 2.75) is 39.3 Å². The number of nitrogen functional groups attached to an aromatic ring is 1. The van der Waals surface area contributed by atoms with Gasteiger partial charge in [0.15, 0.2) is 11.6 Å². The molecule has 7 nitrogen and oxygen atoms in total. The van der Waals surface area contributed by atoms with E-state index in [4.69, 9.17) is 22.1 Å². The molecule has 2 heterocycles. The molecule has 3 rings (SSSR count). The van der Waals surface area contributed by atoms with Crippen molar-refractivity contribution < 1.29 is 9.53 Å². The molecule has 1 unspecified atom stereocenters. The first-order valence-corrected chi connectivity index (χ1v) is 9.55. The molecule has 3 aromatic rings. The van der Waals surface area contributed by atoms with Crippen molar-refractivity contribution >= 4 is 29.0 Å². The monoisotopic (exact) mass is 413 g/mol.